The predicted octanol–water partition coefficient (Wildman–Crippen LogP) is 0.527. The van der Waals surface area contributed by atoms with Gasteiger partial charge in [-0.1, -0.05) is 6.92 Å². The Hall–Kier alpha value is -0.610. The Morgan fingerprint density at radius 2 is 2.20 bits per heavy atom. The molecule has 88 valence electrons. The van der Waals surface area contributed by atoms with Gasteiger partial charge in [0.25, 0.3) is 0 Å². The highest BCUT2D eigenvalue weighted by Gasteiger charge is 2.42. The number of hydrogen-bond acceptors (Lipinski definition) is 3. The number of amides is 1. The third-order valence-corrected chi connectivity index (χ3v) is 3.28. The summed E-state index contributed by atoms with van der Waals surface area (Å²) in [6.07, 6.45) is 2.54. The summed E-state index contributed by atoms with van der Waals surface area (Å²) in [5, 5.41) is 6.04. The molecule has 0 aliphatic heterocycles. The highest BCUT2D eigenvalue weighted by Crippen LogP contribution is 2.47. The molecule has 1 amide bonds. The van der Waals surface area contributed by atoms with E-state index >= 15 is 0 Å². The van der Waals surface area contributed by atoms with Crippen LogP contribution in [-0.2, 0) is 9.53 Å². The van der Waals surface area contributed by atoms with E-state index in [9.17, 15) is 4.79 Å². The van der Waals surface area contributed by atoms with Crippen LogP contribution in [0, 0.1) is 5.41 Å². The normalized spacial score (nSPS) is 19.7. The largest absolute Gasteiger partial charge is 0.383 e. The van der Waals surface area contributed by atoms with Crippen molar-refractivity contribution in [1.29, 1.82) is 0 Å². The molecule has 1 saturated carbocycles. The molecule has 0 saturated heterocycles. The summed E-state index contributed by atoms with van der Waals surface area (Å²) in [4.78, 5) is 11.3. The topological polar surface area (TPSA) is 50.4 Å². The number of carbonyl (C=O) groups excluding carboxylic acids is 1. The lowest BCUT2D eigenvalue weighted by atomic mass is 10.0. The molecule has 0 aromatic rings. The number of ether oxygens (including phenoxy) is 1. The number of methoxy groups -OCH3 is 1. The summed E-state index contributed by atoms with van der Waals surface area (Å²) < 4.78 is 4.85. The van der Waals surface area contributed by atoms with Crippen LogP contribution in [0.5, 0.6) is 0 Å². The monoisotopic (exact) mass is 214 g/mol. The van der Waals surface area contributed by atoms with E-state index in [-0.39, 0.29) is 5.91 Å². The van der Waals surface area contributed by atoms with Gasteiger partial charge in [0.1, 0.15) is 0 Å². The van der Waals surface area contributed by atoms with Crippen LogP contribution in [0.15, 0.2) is 0 Å². The number of rotatable bonds is 7. The van der Waals surface area contributed by atoms with E-state index in [1.54, 1.807) is 7.11 Å². The van der Waals surface area contributed by atoms with E-state index in [4.69, 9.17) is 4.74 Å². The first-order chi connectivity index (χ1) is 7.08. The maximum atomic E-state index is 11.3. The summed E-state index contributed by atoms with van der Waals surface area (Å²) >= 11 is 0. The van der Waals surface area contributed by atoms with Gasteiger partial charge in [-0.25, -0.2) is 0 Å². The molecule has 4 nitrogen and oxygen atoms in total. The summed E-state index contributed by atoms with van der Waals surface area (Å²) in [5.41, 5.74) is 0.423. The van der Waals surface area contributed by atoms with Crippen LogP contribution in [-0.4, -0.2) is 38.8 Å². The Morgan fingerprint density at radius 3 is 2.73 bits per heavy atom. The first-order valence-corrected chi connectivity index (χ1v) is 5.57. The molecular weight excluding hydrogens is 192 g/mol. The maximum absolute atomic E-state index is 11.3. The van der Waals surface area contributed by atoms with E-state index in [0.717, 1.165) is 0 Å². The summed E-state index contributed by atoms with van der Waals surface area (Å²) in [7, 11) is 1.63. The Morgan fingerprint density at radius 1 is 1.53 bits per heavy atom. The van der Waals surface area contributed by atoms with Crippen LogP contribution in [0.4, 0.5) is 0 Å². The third kappa shape index (κ3) is 4.18. The van der Waals surface area contributed by atoms with Crippen molar-refractivity contribution in [2.75, 3.05) is 26.8 Å². The van der Waals surface area contributed by atoms with E-state index in [0.29, 0.717) is 31.2 Å². The van der Waals surface area contributed by atoms with Crippen molar-refractivity contribution in [3.63, 3.8) is 0 Å². The lowest BCUT2D eigenvalue weighted by molar-refractivity contribution is -0.120. The zero-order valence-electron chi connectivity index (χ0n) is 9.93. The van der Waals surface area contributed by atoms with Crippen molar-refractivity contribution in [2.24, 2.45) is 5.41 Å². The summed E-state index contributed by atoms with van der Waals surface area (Å²) in [5.74, 6) is 0.0446. The van der Waals surface area contributed by atoms with Gasteiger partial charge in [-0.2, -0.15) is 0 Å². The smallest absolute Gasteiger partial charge is 0.234 e. The van der Waals surface area contributed by atoms with E-state index in [2.05, 4.69) is 24.5 Å². The standard InChI is InChI=1S/C11H22N2O2/c1-9(11(2)4-5-11)13-8-10(14)12-6-7-15-3/h9,13H,4-8H2,1-3H3,(H,12,14). The zero-order valence-corrected chi connectivity index (χ0v) is 9.93. The van der Waals surface area contributed by atoms with Crippen LogP contribution in [0.1, 0.15) is 26.7 Å². The average molecular weight is 214 g/mol. The fraction of sp³-hybridized carbons (Fsp3) is 0.909. The van der Waals surface area contributed by atoms with Crippen LogP contribution in [0.2, 0.25) is 0 Å². The fourth-order valence-corrected chi connectivity index (χ4v) is 1.48. The molecule has 1 fully saturated rings. The highest BCUT2D eigenvalue weighted by molar-refractivity contribution is 5.77. The predicted molar refractivity (Wildman–Crippen MR) is 59.7 cm³/mol. The van der Waals surface area contributed by atoms with Crippen molar-refractivity contribution in [3.05, 3.63) is 0 Å². The Kier molecular flexibility index (Phi) is 4.54. The molecule has 0 aromatic carbocycles. The van der Waals surface area contributed by atoms with E-state index in [1.807, 2.05) is 0 Å². The molecule has 1 unspecified atom stereocenters. The first-order valence-electron chi connectivity index (χ1n) is 5.57. The van der Waals surface area contributed by atoms with Gasteiger partial charge in [0.05, 0.1) is 13.2 Å². The van der Waals surface area contributed by atoms with Crippen molar-refractivity contribution in [3.8, 4) is 0 Å². The second kappa shape index (κ2) is 5.47. The van der Waals surface area contributed by atoms with E-state index < -0.39 is 0 Å². The third-order valence-electron chi connectivity index (χ3n) is 3.28. The molecule has 0 heterocycles. The highest BCUT2D eigenvalue weighted by atomic mass is 16.5. The van der Waals surface area contributed by atoms with Crippen LogP contribution in [0.3, 0.4) is 0 Å². The first kappa shape index (κ1) is 12.5. The molecule has 15 heavy (non-hydrogen) atoms. The van der Waals surface area contributed by atoms with Crippen molar-refractivity contribution >= 4 is 5.91 Å². The van der Waals surface area contributed by atoms with Gasteiger partial charge in [-0.05, 0) is 25.2 Å². The maximum Gasteiger partial charge on any atom is 0.234 e. The molecule has 0 spiro atoms. The van der Waals surface area contributed by atoms with E-state index in [1.165, 1.54) is 12.8 Å². The number of nitrogens with one attached hydrogen (secondary N) is 2. The van der Waals surface area contributed by atoms with Crippen molar-refractivity contribution < 1.29 is 9.53 Å². The van der Waals surface area contributed by atoms with Crippen LogP contribution in [0.25, 0.3) is 0 Å². The van der Waals surface area contributed by atoms with Crippen molar-refractivity contribution in [1.82, 2.24) is 10.6 Å². The van der Waals surface area contributed by atoms with Gasteiger partial charge in [0, 0.05) is 19.7 Å². The molecule has 0 aromatic heterocycles. The molecular formula is C11H22N2O2. The Balaban J connectivity index is 2.06. The average Bonchev–Trinajstić information content (AvgIpc) is 2.95. The lowest BCUT2D eigenvalue weighted by Crippen LogP contribution is -2.41. The second-order valence-electron chi connectivity index (χ2n) is 4.60. The molecule has 2 N–H and O–H groups in total. The summed E-state index contributed by atoms with van der Waals surface area (Å²) in [6, 6.07) is 0.422. The van der Waals surface area contributed by atoms with Gasteiger partial charge in [-0.15, -0.1) is 0 Å². The van der Waals surface area contributed by atoms with Crippen LogP contribution >= 0.6 is 0 Å². The molecule has 0 bridgehead atoms. The quantitative estimate of drug-likeness (QED) is 0.608. The molecule has 1 aliphatic rings. The minimum Gasteiger partial charge on any atom is -0.383 e. The SMILES string of the molecule is COCCNC(=O)CNC(C)C1(C)CC1. The Labute approximate surface area is 91.8 Å². The molecule has 4 heteroatoms. The lowest BCUT2D eigenvalue weighted by Gasteiger charge is -2.19. The van der Waals surface area contributed by atoms with Crippen LogP contribution < -0.4 is 10.6 Å². The zero-order chi connectivity index (χ0) is 11.3. The van der Waals surface area contributed by atoms with Gasteiger partial charge >= 0.3 is 0 Å². The molecule has 1 aliphatic carbocycles. The van der Waals surface area contributed by atoms with Crippen molar-refractivity contribution in [2.45, 2.75) is 32.7 Å². The second-order valence-corrected chi connectivity index (χ2v) is 4.60. The Bertz CT molecular complexity index is 215. The molecule has 1 rings (SSSR count). The van der Waals surface area contributed by atoms with Gasteiger partial charge in [0.2, 0.25) is 5.91 Å². The van der Waals surface area contributed by atoms with Gasteiger partial charge < -0.3 is 15.4 Å². The number of carbonyl (C=O) groups is 1. The van der Waals surface area contributed by atoms with Gasteiger partial charge in [0.15, 0.2) is 0 Å². The van der Waals surface area contributed by atoms with Gasteiger partial charge in [-0.3, -0.25) is 4.79 Å². The molecule has 0 radical (unpaired) electrons. The fourth-order valence-electron chi connectivity index (χ4n) is 1.48. The minimum absolute atomic E-state index is 0.0446. The minimum atomic E-state index is 0.0446. The number of hydrogen-bond donors (Lipinski definition) is 2. The molecule has 1 atom stereocenters. The summed E-state index contributed by atoms with van der Waals surface area (Å²) in [6.45, 7) is 5.96.